The van der Waals surface area contributed by atoms with Gasteiger partial charge in [-0.1, -0.05) is 0 Å². The van der Waals surface area contributed by atoms with Crippen molar-refractivity contribution in [1.29, 1.82) is 0 Å². The third kappa shape index (κ3) is 2.64. The largest absolute Gasteiger partial charge is 0.398 e. The van der Waals surface area contributed by atoms with E-state index in [2.05, 4.69) is 4.90 Å². The fourth-order valence-electron chi connectivity index (χ4n) is 2.48. The predicted molar refractivity (Wildman–Crippen MR) is 73.1 cm³/mol. The SMILES string of the molecule is COCC1CCN(c2ccc(N)c(C(C)=O)c2)C1. The highest BCUT2D eigenvalue weighted by molar-refractivity contribution is 6.00. The number of carbonyl (C=O) groups is 1. The highest BCUT2D eigenvalue weighted by Gasteiger charge is 2.23. The van der Waals surface area contributed by atoms with Gasteiger partial charge in [0.25, 0.3) is 0 Å². The molecule has 1 unspecified atom stereocenters. The van der Waals surface area contributed by atoms with Crippen LogP contribution in [0.1, 0.15) is 23.7 Å². The molecule has 4 heteroatoms. The van der Waals surface area contributed by atoms with Crippen molar-refractivity contribution < 1.29 is 9.53 Å². The number of ketones is 1. The molecule has 1 aliphatic heterocycles. The summed E-state index contributed by atoms with van der Waals surface area (Å²) in [6.45, 7) is 4.34. The zero-order chi connectivity index (χ0) is 13.1. The first kappa shape index (κ1) is 12.9. The normalized spacial score (nSPS) is 19.2. The van der Waals surface area contributed by atoms with Crippen molar-refractivity contribution in [2.75, 3.05) is 37.4 Å². The second kappa shape index (κ2) is 5.40. The molecule has 1 heterocycles. The minimum atomic E-state index is 0.0157. The van der Waals surface area contributed by atoms with Crippen molar-refractivity contribution in [3.05, 3.63) is 23.8 Å². The number of anilines is 2. The number of Topliss-reactive ketones (excluding diaryl/α,β-unsaturated/α-hetero) is 1. The highest BCUT2D eigenvalue weighted by atomic mass is 16.5. The van der Waals surface area contributed by atoms with E-state index < -0.39 is 0 Å². The van der Waals surface area contributed by atoms with Gasteiger partial charge >= 0.3 is 0 Å². The quantitative estimate of drug-likeness (QED) is 0.653. The van der Waals surface area contributed by atoms with Crippen LogP contribution in [0.15, 0.2) is 18.2 Å². The molecule has 2 N–H and O–H groups in total. The number of nitrogens with two attached hydrogens (primary N) is 1. The van der Waals surface area contributed by atoms with E-state index in [-0.39, 0.29) is 5.78 Å². The minimum Gasteiger partial charge on any atom is -0.398 e. The molecule has 1 aromatic carbocycles. The van der Waals surface area contributed by atoms with E-state index in [0.717, 1.165) is 31.8 Å². The highest BCUT2D eigenvalue weighted by Crippen LogP contribution is 2.27. The monoisotopic (exact) mass is 248 g/mol. The standard InChI is InChI=1S/C14H20N2O2/c1-10(17)13-7-12(3-4-14(13)15)16-6-5-11(8-16)9-18-2/h3-4,7,11H,5-6,8-9,15H2,1-2H3. The fraction of sp³-hybridized carbons (Fsp3) is 0.500. The van der Waals surface area contributed by atoms with Crippen LogP contribution in [0, 0.1) is 5.92 Å². The molecule has 1 aromatic rings. The summed E-state index contributed by atoms with van der Waals surface area (Å²) >= 11 is 0. The number of benzene rings is 1. The Hall–Kier alpha value is -1.55. The van der Waals surface area contributed by atoms with E-state index in [1.54, 1.807) is 14.0 Å². The lowest BCUT2D eigenvalue weighted by Crippen LogP contribution is -2.21. The molecule has 2 rings (SSSR count). The van der Waals surface area contributed by atoms with Crippen LogP contribution in [-0.4, -0.2) is 32.6 Å². The van der Waals surface area contributed by atoms with E-state index in [4.69, 9.17) is 10.5 Å². The van der Waals surface area contributed by atoms with Gasteiger partial charge in [0.05, 0.1) is 6.61 Å². The van der Waals surface area contributed by atoms with Crippen molar-refractivity contribution in [3.63, 3.8) is 0 Å². The third-order valence-corrected chi connectivity index (χ3v) is 3.47. The summed E-state index contributed by atoms with van der Waals surface area (Å²) in [5.41, 5.74) is 8.05. The second-order valence-electron chi connectivity index (χ2n) is 4.88. The number of methoxy groups -OCH3 is 1. The van der Waals surface area contributed by atoms with Crippen LogP contribution in [-0.2, 0) is 4.74 Å². The Labute approximate surface area is 108 Å². The first-order chi connectivity index (χ1) is 8.61. The number of nitrogen functional groups attached to an aromatic ring is 1. The van der Waals surface area contributed by atoms with Crippen LogP contribution in [0.2, 0.25) is 0 Å². The average molecular weight is 248 g/mol. The molecule has 0 aliphatic carbocycles. The average Bonchev–Trinajstić information content (AvgIpc) is 2.78. The summed E-state index contributed by atoms with van der Waals surface area (Å²) in [5.74, 6) is 0.593. The number of rotatable bonds is 4. The van der Waals surface area contributed by atoms with E-state index in [1.165, 1.54) is 0 Å². The smallest absolute Gasteiger partial charge is 0.161 e. The first-order valence-corrected chi connectivity index (χ1v) is 6.26. The van der Waals surface area contributed by atoms with E-state index in [0.29, 0.717) is 17.2 Å². The lowest BCUT2D eigenvalue weighted by molar-refractivity contribution is 0.101. The van der Waals surface area contributed by atoms with Crippen LogP contribution in [0.4, 0.5) is 11.4 Å². The van der Waals surface area contributed by atoms with Gasteiger partial charge in [0.2, 0.25) is 0 Å². The Morgan fingerprint density at radius 2 is 2.33 bits per heavy atom. The number of ether oxygens (including phenoxy) is 1. The Morgan fingerprint density at radius 1 is 1.56 bits per heavy atom. The van der Waals surface area contributed by atoms with Gasteiger partial charge in [-0.05, 0) is 31.5 Å². The first-order valence-electron chi connectivity index (χ1n) is 6.26. The van der Waals surface area contributed by atoms with Crippen molar-refractivity contribution in [2.24, 2.45) is 5.92 Å². The van der Waals surface area contributed by atoms with E-state index in [1.807, 2.05) is 18.2 Å². The number of hydrogen-bond acceptors (Lipinski definition) is 4. The molecule has 0 amide bonds. The topological polar surface area (TPSA) is 55.6 Å². The Balaban J connectivity index is 2.15. The van der Waals surface area contributed by atoms with Gasteiger partial charge in [-0.2, -0.15) is 0 Å². The summed E-state index contributed by atoms with van der Waals surface area (Å²) in [7, 11) is 1.74. The van der Waals surface area contributed by atoms with Gasteiger partial charge in [-0.25, -0.2) is 0 Å². The zero-order valence-electron chi connectivity index (χ0n) is 11.0. The molecular formula is C14H20N2O2. The molecule has 0 radical (unpaired) electrons. The summed E-state index contributed by atoms with van der Waals surface area (Å²) in [5, 5.41) is 0. The number of carbonyl (C=O) groups excluding carboxylic acids is 1. The van der Waals surface area contributed by atoms with Gasteiger partial charge in [0.15, 0.2) is 5.78 Å². The predicted octanol–water partition coefficient (Wildman–Crippen LogP) is 1.94. The Kier molecular flexibility index (Phi) is 3.87. The van der Waals surface area contributed by atoms with Crippen molar-refractivity contribution in [1.82, 2.24) is 0 Å². The molecule has 0 bridgehead atoms. The Morgan fingerprint density at radius 3 is 3.00 bits per heavy atom. The summed E-state index contributed by atoms with van der Waals surface area (Å²) in [6.07, 6.45) is 1.13. The zero-order valence-corrected chi connectivity index (χ0v) is 11.0. The van der Waals surface area contributed by atoms with Crippen molar-refractivity contribution in [3.8, 4) is 0 Å². The molecule has 0 spiro atoms. The maximum atomic E-state index is 11.5. The van der Waals surface area contributed by atoms with E-state index in [9.17, 15) is 4.79 Å². The van der Waals surface area contributed by atoms with Gasteiger partial charge in [-0.15, -0.1) is 0 Å². The molecule has 0 saturated carbocycles. The van der Waals surface area contributed by atoms with Gasteiger partial charge in [0, 0.05) is 43.1 Å². The Bertz CT molecular complexity index is 445. The summed E-state index contributed by atoms with van der Waals surface area (Å²) in [4.78, 5) is 13.8. The van der Waals surface area contributed by atoms with Gasteiger partial charge in [-0.3, -0.25) is 4.79 Å². The second-order valence-corrected chi connectivity index (χ2v) is 4.88. The summed E-state index contributed by atoms with van der Waals surface area (Å²) < 4.78 is 5.19. The molecular weight excluding hydrogens is 228 g/mol. The van der Waals surface area contributed by atoms with Crippen LogP contribution in [0.3, 0.4) is 0 Å². The fourth-order valence-corrected chi connectivity index (χ4v) is 2.48. The van der Waals surface area contributed by atoms with E-state index >= 15 is 0 Å². The maximum Gasteiger partial charge on any atom is 0.161 e. The number of hydrogen-bond donors (Lipinski definition) is 1. The lowest BCUT2D eigenvalue weighted by atomic mass is 10.1. The van der Waals surface area contributed by atoms with Gasteiger partial charge in [0.1, 0.15) is 0 Å². The van der Waals surface area contributed by atoms with Crippen LogP contribution in [0.5, 0.6) is 0 Å². The molecule has 1 saturated heterocycles. The number of nitrogens with zero attached hydrogens (tertiary/aromatic N) is 1. The van der Waals surface area contributed by atoms with Crippen molar-refractivity contribution in [2.45, 2.75) is 13.3 Å². The molecule has 1 aliphatic rings. The van der Waals surface area contributed by atoms with Gasteiger partial charge < -0.3 is 15.4 Å². The van der Waals surface area contributed by atoms with Crippen LogP contribution in [0.25, 0.3) is 0 Å². The maximum absolute atomic E-state index is 11.5. The van der Waals surface area contributed by atoms with Crippen LogP contribution >= 0.6 is 0 Å². The molecule has 1 atom stereocenters. The molecule has 1 fully saturated rings. The molecule has 0 aromatic heterocycles. The molecule has 4 nitrogen and oxygen atoms in total. The molecule has 18 heavy (non-hydrogen) atoms. The van der Waals surface area contributed by atoms with Crippen molar-refractivity contribution >= 4 is 17.2 Å². The minimum absolute atomic E-state index is 0.0157. The lowest BCUT2D eigenvalue weighted by Gasteiger charge is -2.19. The van der Waals surface area contributed by atoms with Crippen LogP contribution < -0.4 is 10.6 Å². The third-order valence-electron chi connectivity index (χ3n) is 3.47. The summed E-state index contributed by atoms with van der Waals surface area (Å²) in [6, 6.07) is 5.69. The molecule has 98 valence electrons.